The van der Waals surface area contributed by atoms with E-state index in [0.717, 1.165) is 33.4 Å². The standard InChI is InChI=1S/C70H44Br2O8/c1-46(66(73)74)13-6-3-11-18-53(20-12-19-50-21-31-54(32-22-50)67(75)76)41-47(2)70(72)63-44-59(39-28-49-16-9-5-10-17-49)57(37-27-48-14-7-4-8-15-48)42-61(63)65(71)62-43-58(38-29-51-23-33-55(34-24-51)68(77)78)60(45-64(62)70)40-30-52-25-35-56(36-26-52)69(79)80/h4-10,13-17,21-26,31-36,41-45,47,65H,1,3,20H2,2H3,(H,73,74)(H,75,76)(H,77,78)(H,79,80)/b13-6-,53-41-. The van der Waals surface area contributed by atoms with Crippen LogP contribution in [0.5, 0.6) is 0 Å². The minimum atomic E-state index is -1.14. The Labute approximate surface area is 480 Å². The number of halogens is 2. The number of fused-ring (bicyclic) bond motifs is 2. The molecule has 0 spiro atoms. The maximum Gasteiger partial charge on any atom is 0.335 e. The van der Waals surface area contributed by atoms with Gasteiger partial charge >= 0.3 is 23.9 Å². The quantitative estimate of drug-likeness (QED) is 0.0483. The van der Waals surface area contributed by atoms with Gasteiger partial charge in [0.15, 0.2) is 0 Å². The van der Waals surface area contributed by atoms with E-state index in [0.29, 0.717) is 44.5 Å². The topological polar surface area (TPSA) is 149 Å². The lowest BCUT2D eigenvalue weighted by molar-refractivity contribution is -0.132. The van der Waals surface area contributed by atoms with E-state index in [4.69, 9.17) is 0 Å². The molecule has 0 bridgehead atoms. The molecule has 386 valence electrons. The Morgan fingerprint density at radius 3 is 1.30 bits per heavy atom. The van der Waals surface area contributed by atoms with Gasteiger partial charge in [0.05, 0.1) is 31.4 Å². The van der Waals surface area contributed by atoms with Gasteiger partial charge in [0.2, 0.25) is 0 Å². The number of aliphatic carboxylic acids is 1. The van der Waals surface area contributed by atoms with Gasteiger partial charge in [0.1, 0.15) is 0 Å². The van der Waals surface area contributed by atoms with E-state index in [9.17, 15) is 39.6 Å². The number of carboxylic acids is 4. The molecule has 80 heavy (non-hydrogen) atoms. The highest BCUT2D eigenvalue weighted by Crippen LogP contribution is 2.57. The zero-order valence-corrected chi connectivity index (χ0v) is 45.9. The Morgan fingerprint density at radius 1 is 0.537 bits per heavy atom. The van der Waals surface area contributed by atoms with Crippen LogP contribution in [-0.4, -0.2) is 44.3 Å². The third-order valence-corrected chi connectivity index (χ3v) is 15.2. The lowest BCUT2D eigenvalue weighted by Gasteiger charge is -2.42. The van der Waals surface area contributed by atoms with E-state index in [1.807, 2.05) is 78.9 Å². The Balaban J connectivity index is 1.37. The van der Waals surface area contributed by atoms with Crippen LogP contribution >= 0.6 is 31.9 Å². The molecule has 8 rings (SSSR count). The van der Waals surface area contributed by atoms with Crippen molar-refractivity contribution < 1.29 is 39.6 Å². The van der Waals surface area contributed by atoms with Gasteiger partial charge in [-0.05, 0) is 149 Å². The summed E-state index contributed by atoms with van der Waals surface area (Å²) in [7, 11) is 0. The molecule has 8 nitrogen and oxygen atoms in total. The number of aromatic carboxylic acids is 3. The van der Waals surface area contributed by atoms with Crippen LogP contribution in [-0.2, 0) is 9.12 Å². The second-order valence-electron chi connectivity index (χ2n) is 18.1. The molecule has 1 aliphatic rings. The summed E-state index contributed by atoms with van der Waals surface area (Å²) in [6, 6.07) is 46.3. The molecule has 0 saturated heterocycles. The molecule has 3 atom stereocenters. The summed E-state index contributed by atoms with van der Waals surface area (Å²) < 4.78 is -1.07. The fourth-order valence-electron chi connectivity index (χ4n) is 8.49. The smallest absolute Gasteiger partial charge is 0.335 e. The molecule has 0 aromatic heterocycles. The van der Waals surface area contributed by atoms with Gasteiger partial charge < -0.3 is 20.4 Å². The van der Waals surface area contributed by atoms with Gasteiger partial charge in [-0.15, -0.1) is 0 Å². The van der Waals surface area contributed by atoms with Crippen molar-refractivity contribution in [3.63, 3.8) is 0 Å². The second-order valence-corrected chi connectivity index (χ2v) is 20.3. The zero-order chi connectivity index (χ0) is 56.8. The highest BCUT2D eigenvalue weighted by molar-refractivity contribution is 9.10. The first-order valence-electron chi connectivity index (χ1n) is 24.7. The minimum absolute atomic E-state index is 0.0809. The number of alkyl halides is 2. The molecule has 0 radical (unpaired) electrons. The van der Waals surface area contributed by atoms with E-state index in [-0.39, 0.29) is 35.1 Å². The predicted octanol–water partition coefficient (Wildman–Crippen LogP) is 13.4. The minimum Gasteiger partial charge on any atom is -0.478 e. The van der Waals surface area contributed by atoms with Crippen molar-refractivity contribution in [3.8, 4) is 71.0 Å². The summed E-state index contributed by atoms with van der Waals surface area (Å²) in [5, 5.41) is 38.0. The molecule has 7 aromatic rings. The SMILES string of the molecule is C=C(/C=C\CC#C/C(=C/C(C)C1(Br)c2cc(C#Cc3ccccc3)c(C#Cc3ccccc3)cc2C(Br)c2cc(C#Cc3ccc(C(=O)O)cc3)c(C#Cc3ccc(C(=O)O)cc3)cc21)CC#Cc1ccc(C(=O)O)cc1)C(=O)O. The molecule has 0 aliphatic heterocycles. The molecule has 0 heterocycles. The van der Waals surface area contributed by atoms with Crippen LogP contribution in [0.2, 0.25) is 0 Å². The van der Waals surface area contributed by atoms with E-state index < -0.39 is 38.9 Å². The van der Waals surface area contributed by atoms with E-state index in [1.54, 1.807) is 42.5 Å². The molecule has 0 saturated carbocycles. The van der Waals surface area contributed by atoms with Crippen LogP contribution in [0.1, 0.15) is 128 Å². The average molecular weight is 1170 g/mol. The fraction of sp³-hybridized carbons (Fsp3) is 0.0857. The van der Waals surface area contributed by atoms with Crippen molar-refractivity contribution in [1.29, 1.82) is 0 Å². The normalized spacial score (nSPS) is 14.0. The van der Waals surface area contributed by atoms with Crippen LogP contribution in [0.3, 0.4) is 0 Å². The number of carbonyl (C=O) groups is 4. The van der Waals surface area contributed by atoms with Crippen molar-refractivity contribution in [2.75, 3.05) is 0 Å². The van der Waals surface area contributed by atoms with E-state index in [1.165, 1.54) is 42.5 Å². The van der Waals surface area contributed by atoms with Crippen LogP contribution in [0.25, 0.3) is 0 Å². The number of hydrogen-bond acceptors (Lipinski definition) is 4. The predicted molar refractivity (Wildman–Crippen MR) is 317 cm³/mol. The summed E-state index contributed by atoms with van der Waals surface area (Å²) in [6.07, 6.45) is 5.48. The molecule has 0 amide bonds. The highest BCUT2D eigenvalue weighted by atomic mass is 79.9. The average Bonchev–Trinajstić information content (AvgIpc) is 3.64. The first-order valence-corrected chi connectivity index (χ1v) is 26.4. The molecule has 4 N–H and O–H groups in total. The molecule has 1 aliphatic carbocycles. The summed E-state index contributed by atoms with van der Waals surface area (Å²) >= 11 is 8.56. The molecule has 3 unspecified atom stereocenters. The van der Waals surface area contributed by atoms with Crippen molar-refractivity contribution in [1.82, 2.24) is 0 Å². The summed E-state index contributed by atoms with van der Waals surface area (Å²) in [6.45, 7) is 5.65. The number of carboxylic acid groups (broad SMARTS) is 4. The van der Waals surface area contributed by atoms with Crippen LogP contribution < -0.4 is 0 Å². The molecule has 0 fully saturated rings. The third-order valence-electron chi connectivity index (χ3n) is 12.7. The Bertz CT molecular complexity index is 4090. The first kappa shape index (κ1) is 56.2. The first-order chi connectivity index (χ1) is 38.6. The van der Waals surface area contributed by atoms with Gasteiger partial charge in [-0.3, -0.25) is 0 Å². The number of rotatable bonds is 9. The fourth-order valence-corrected chi connectivity index (χ4v) is 10.1. The van der Waals surface area contributed by atoms with Crippen molar-refractivity contribution >= 4 is 55.7 Å². The third kappa shape index (κ3) is 13.9. The van der Waals surface area contributed by atoms with Gasteiger partial charge in [0, 0.05) is 68.5 Å². The largest absolute Gasteiger partial charge is 0.478 e. The van der Waals surface area contributed by atoms with Crippen molar-refractivity contribution in [3.05, 3.63) is 283 Å². The van der Waals surface area contributed by atoms with Crippen LogP contribution in [0.15, 0.2) is 194 Å². The lowest BCUT2D eigenvalue weighted by atomic mass is 9.70. The number of hydrogen-bond donors (Lipinski definition) is 4. The summed E-state index contributed by atoms with van der Waals surface area (Å²) in [5.74, 6) is 34.8. The summed E-state index contributed by atoms with van der Waals surface area (Å²) in [5.41, 5.74) is 10.2. The molecular weight excluding hydrogens is 1130 g/mol. The lowest BCUT2D eigenvalue weighted by Crippen LogP contribution is -2.34. The van der Waals surface area contributed by atoms with Crippen molar-refractivity contribution in [2.24, 2.45) is 5.92 Å². The monoisotopic (exact) mass is 1170 g/mol. The number of benzene rings is 7. The maximum absolute atomic E-state index is 11.7. The van der Waals surface area contributed by atoms with Crippen LogP contribution in [0, 0.1) is 77.0 Å². The second kappa shape index (κ2) is 25.9. The number of allylic oxidation sites excluding steroid dienone is 3. The van der Waals surface area contributed by atoms with Gasteiger partial charge in [-0.1, -0.05) is 171 Å². The van der Waals surface area contributed by atoms with Crippen molar-refractivity contribution in [2.45, 2.75) is 28.9 Å². The zero-order valence-electron chi connectivity index (χ0n) is 42.7. The Morgan fingerprint density at radius 2 is 0.912 bits per heavy atom. The van der Waals surface area contributed by atoms with Gasteiger partial charge in [-0.2, -0.15) is 0 Å². The van der Waals surface area contributed by atoms with E-state index in [2.05, 4.69) is 129 Å². The molecular formula is C70H44Br2O8. The van der Waals surface area contributed by atoms with Crippen LogP contribution in [0.4, 0.5) is 0 Å². The van der Waals surface area contributed by atoms with Gasteiger partial charge in [-0.25, -0.2) is 19.2 Å². The highest BCUT2D eigenvalue weighted by Gasteiger charge is 2.46. The molecule has 10 heteroatoms. The van der Waals surface area contributed by atoms with E-state index >= 15 is 0 Å². The summed E-state index contributed by atoms with van der Waals surface area (Å²) in [4.78, 5) is 46.1. The Kier molecular flexibility index (Phi) is 18.2. The Hall–Kier alpha value is -10.0. The molecule has 7 aromatic carbocycles. The maximum atomic E-state index is 11.7. The van der Waals surface area contributed by atoms with Gasteiger partial charge in [0.25, 0.3) is 0 Å².